The highest BCUT2D eigenvalue weighted by Gasteiger charge is 2.36. The number of halogens is 1. The van der Waals surface area contributed by atoms with E-state index in [1.165, 1.54) is 12.8 Å². The third-order valence-corrected chi connectivity index (χ3v) is 4.82. The molecule has 1 amide bonds. The van der Waals surface area contributed by atoms with E-state index in [9.17, 15) is 4.79 Å². The van der Waals surface area contributed by atoms with Crippen molar-refractivity contribution in [1.82, 2.24) is 10.2 Å². The molecule has 21 heavy (non-hydrogen) atoms. The molecule has 0 aromatic heterocycles. The lowest BCUT2D eigenvalue weighted by atomic mass is 9.98. The molecule has 2 aliphatic heterocycles. The van der Waals surface area contributed by atoms with Gasteiger partial charge in [0.15, 0.2) is 6.61 Å². The molecule has 2 bridgehead atoms. The summed E-state index contributed by atoms with van der Waals surface area (Å²) in [5.74, 6) is 0.711. The molecule has 4 nitrogen and oxygen atoms in total. The van der Waals surface area contributed by atoms with Gasteiger partial charge in [0.05, 0.1) is 0 Å². The summed E-state index contributed by atoms with van der Waals surface area (Å²) >= 11 is 5.82. The summed E-state index contributed by atoms with van der Waals surface area (Å²) in [6.45, 7) is 0.0807. The Balaban J connectivity index is 1.51. The van der Waals surface area contributed by atoms with Gasteiger partial charge in [-0.1, -0.05) is 11.6 Å². The second kappa shape index (κ2) is 6.24. The van der Waals surface area contributed by atoms with Crippen LogP contribution in [0.2, 0.25) is 5.02 Å². The number of benzene rings is 1. The molecule has 0 spiro atoms. The number of amides is 1. The summed E-state index contributed by atoms with van der Waals surface area (Å²) in [4.78, 5) is 14.1. The maximum absolute atomic E-state index is 12.3. The van der Waals surface area contributed by atoms with E-state index >= 15 is 0 Å². The molecule has 3 rings (SSSR count). The zero-order valence-corrected chi connectivity index (χ0v) is 13.0. The lowest BCUT2D eigenvalue weighted by Gasteiger charge is -2.35. The Labute approximate surface area is 130 Å². The SMILES string of the molecule is CN(C(=O)COc1ccc(Cl)cc1)C1CC2CCC(C1)N2. The van der Waals surface area contributed by atoms with E-state index in [1.807, 2.05) is 11.9 Å². The average Bonchev–Trinajstić information content (AvgIpc) is 2.84. The summed E-state index contributed by atoms with van der Waals surface area (Å²) in [5.41, 5.74) is 0. The van der Waals surface area contributed by atoms with E-state index in [2.05, 4.69) is 5.32 Å². The number of nitrogens with one attached hydrogen (secondary N) is 1. The Morgan fingerprint density at radius 3 is 2.52 bits per heavy atom. The Bertz CT molecular complexity index is 494. The van der Waals surface area contributed by atoms with Crippen LogP contribution in [0, 0.1) is 0 Å². The first kappa shape index (κ1) is 14.7. The van der Waals surface area contributed by atoms with Crippen molar-refractivity contribution in [2.75, 3.05) is 13.7 Å². The minimum Gasteiger partial charge on any atom is -0.484 e. The van der Waals surface area contributed by atoms with Crippen LogP contribution in [0.3, 0.4) is 0 Å². The molecule has 2 aliphatic rings. The largest absolute Gasteiger partial charge is 0.484 e. The summed E-state index contributed by atoms with van der Waals surface area (Å²) in [6.07, 6.45) is 4.59. The van der Waals surface area contributed by atoms with E-state index in [4.69, 9.17) is 16.3 Å². The standard InChI is InChI=1S/C16H21ClN2O2/c1-19(14-8-12-4-5-13(9-14)18-12)16(20)10-21-15-6-2-11(17)3-7-15/h2-3,6-7,12-14,18H,4-5,8-10H2,1H3. The summed E-state index contributed by atoms with van der Waals surface area (Å²) in [5, 5.41) is 4.26. The van der Waals surface area contributed by atoms with Crippen molar-refractivity contribution in [2.45, 2.75) is 43.8 Å². The Kier molecular flexibility index (Phi) is 4.36. The molecule has 114 valence electrons. The fourth-order valence-electron chi connectivity index (χ4n) is 3.32. The molecule has 2 heterocycles. The molecule has 2 fully saturated rings. The normalized spacial score (nSPS) is 27.4. The molecule has 5 heteroatoms. The molecule has 0 radical (unpaired) electrons. The van der Waals surface area contributed by atoms with Crippen LogP contribution in [0.1, 0.15) is 25.7 Å². The van der Waals surface area contributed by atoms with Crippen LogP contribution >= 0.6 is 11.6 Å². The van der Waals surface area contributed by atoms with E-state index in [-0.39, 0.29) is 12.5 Å². The van der Waals surface area contributed by atoms with Crippen molar-refractivity contribution in [2.24, 2.45) is 0 Å². The van der Waals surface area contributed by atoms with Crippen LogP contribution < -0.4 is 10.1 Å². The molecular formula is C16H21ClN2O2. The Morgan fingerprint density at radius 1 is 1.29 bits per heavy atom. The molecule has 1 aromatic carbocycles. The third kappa shape index (κ3) is 3.50. The van der Waals surface area contributed by atoms with Gasteiger partial charge in [0, 0.05) is 30.2 Å². The van der Waals surface area contributed by atoms with Crippen molar-refractivity contribution in [1.29, 1.82) is 0 Å². The lowest BCUT2D eigenvalue weighted by Crippen LogP contribution is -2.49. The van der Waals surface area contributed by atoms with Gasteiger partial charge in [0.25, 0.3) is 5.91 Å². The zero-order chi connectivity index (χ0) is 14.8. The first-order chi connectivity index (χ1) is 10.1. The number of piperidine rings is 1. The number of nitrogens with zero attached hydrogens (tertiary/aromatic N) is 1. The van der Waals surface area contributed by atoms with Crippen molar-refractivity contribution in [3.05, 3.63) is 29.3 Å². The number of fused-ring (bicyclic) bond motifs is 2. The van der Waals surface area contributed by atoms with Gasteiger partial charge in [-0.2, -0.15) is 0 Å². The summed E-state index contributed by atoms with van der Waals surface area (Å²) in [7, 11) is 1.89. The average molecular weight is 309 g/mol. The molecule has 0 saturated carbocycles. The molecule has 2 saturated heterocycles. The van der Waals surface area contributed by atoms with Crippen LogP contribution in [0.25, 0.3) is 0 Å². The lowest BCUT2D eigenvalue weighted by molar-refractivity contribution is -0.134. The number of rotatable bonds is 4. The van der Waals surface area contributed by atoms with Crippen LogP contribution in [0.4, 0.5) is 0 Å². The molecule has 2 atom stereocenters. The minimum absolute atomic E-state index is 0.0382. The molecule has 2 unspecified atom stereocenters. The molecule has 1 aromatic rings. The van der Waals surface area contributed by atoms with E-state index < -0.39 is 0 Å². The number of hydrogen-bond acceptors (Lipinski definition) is 3. The van der Waals surface area contributed by atoms with Crippen molar-refractivity contribution < 1.29 is 9.53 Å². The van der Waals surface area contributed by atoms with E-state index in [0.717, 1.165) is 12.8 Å². The summed E-state index contributed by atoms with van der Waals surface area (Å²) in [6, 6.07) is 8.58. The van der Waals surface area contributed by atoms with Crippen molar-refractivity contribution in [3.63, 3.8) is 0 Å². The van der Waals surface area contributed by atoms with Crippen molar-refractivity contribution >= 4 is 17.5 Å². The highest BCUT2D eigenvalue weighted by atomic mass is 35.5. The maximum atomic E-state index is 12.3. The van der Waals surface area contributed by atoms with Gasteiger partial charge in [-0.15, -0.1) is 0 Å². The monoisotopic (exact) mass is 308 g/mol. The fraction of sp³-hybridized carbons (Fsp3) is 0.562. The number of carbonyl (C=O) groups excluding carboxylic acids is 1. The van der Waals surface area contributed by atoms with Crippen LogP contribution in [-0.4, -0.2) is 42.6 Å². The number of likely N-dealkylation sites (N-methyl/N-ethyl adjacent to an activating group) is 1. The Hall–Kier alpha value is -1.26. The third-order valence-electron chi connectivity index (χ3n) is 4.57. The van der Waals surface area contributed by atoms with Gasteiger partial charge < -0.3 is 15.0 Å². The highest BCUT2D eigenvalue weighted by molar-refractivity contribution is 6.30. The predicted molar refractivity (Wildman–Crippen MR) is 82.7 cm³/mol. The number of hydrogen-bond donors (Lipinski definition) is 1. The van der Waals surface area contributed by atoms with Crippen LogP contribution in [-0.2, 0) is 4.79 Å². The quantitative estimate of drug-likeness (QED) is 0.929. The van der Waals surface area contributed by atoms with Crippen LogP contribution in [0.15, 0.2) is 24.3 Å². The van der Waals surface area contributed by atoms with Gasteiger partial charge in [0.2, 0.25) is 0 Å². The minimum atomic E-state index is 0.0382. The van der Waals surface area contributed by atoms with Gasteiger partial charge in [0.1, 0.15) is 5.75 Å². The topological polar surface area (TPSA) is 41.6 Å². The van der Waals surface area contributed by atoms with Crippen molar-refractivity contribution in [3.8, 4) is 5.75 Å². The second-order valence-electron chi connectivity index (χ2n) is 6.01. The predicted octanol–water partition coefficient (Wildman–Crippen LogP) is 2.46. The van der Waals surface area contributed by atoms with Gasteiger partial charge in [-0.05, 0) is 49.9 Å². The van der Waals surface area contributed by atoms with E-state index in [0.29, 0.717) is 28.9 Å². The zero-order valence-electron chi connectivity index (χ0n) is 12.2. The number of carbonyl (C=O) groups is 1. The van der Waals surface area contributed by atoms with Gasteiger partial charge in [-0.3, -0.25) is 4.79 Å². The molecule has 0 aliphatic carbocycles. The van der Waals surface area contributed by atoms with Gasteiger partial charge in [-0.25, -0.2) is 0 Å². The molecule has 1 N–H and O–H groups in total. The maximum Gasteiger partial charge on any atom is 0.260 e. The first-order valence-corrected chi connectivity index (χ1v) is 7.89. The first-order valence-electron chi connectivity index (χ1n) is 7.52. The van der Waals surface area contributed by atoms with E-state index in [1.54, 1.807) is 24.3 Å². The second-order valence-corrected chi connectivity index (χ2v) is 6.45. The fourth-order valence-corrected chi connectivity index (χ4v) is 3.45. The number of ether oxygens (including phenoxy) is 1. The highest BCUT2D eigenvalue weighted by Crippen LogP contribution is 2.29. The Morgan fingerprint density at radius 2 is 1.90 bits per heavy atom. The van der Waals surface area contributed by atoms with Gasteiger partial charge >= 0.3 is 0 Å². The smallest absolute Gasteiger partial charge is 0.260 e. The molecular weight excluding hydrogens is 288 g/mol. The summed E-state index contributed by atoms with van der Waals surface area (Å²) < 4.78 is 5.54. The van der Waals surface area contributed by atoms with Crippen LogP contribution in [0.5, 0.6) is 5.75 Å².